The van der Waals surface area contributed by atoms with Gasteiger partial charge in [-0.1, -0.05) is 18.5 Å². The Balaban J connectivity index is 1.79. The highest BCUT2D eigenvalue weighted by Crippen LogP contribution is 2.37. The van der Waals surface area contributed by atoms with Crippen molar-refractivity contribution in [1.82, 2.24) is 15.0 Å². The molecule has 0 aliphatic carbocycles. The number of aromatic nitrogens is 3. The number of anilines is 1. The van der Waals surface area contributed by atoms with Crippen molar-refractivity contribution in [2.24, 2.45) is 5.73 Å². The van der Waals surface area contributed by atoms with Gasteiger partial charge in [0, 0.05) is 29.7 Å². The molecule has 1 saturated heterocycles. The molecule has 144 valence electrons. The molecule has 0 bridgehead atoms. The summed E-state index contributed by atoms with van der Waals surface area (Å²) < 4.78 is 14.0. The van der Waals surface area contributed by atoms with E-state index in [0.29, 0.717) is 27.3 Å². The van der Waals surface area contributed by atoms with Gasteiger partial charge < -0.3 is 15.6 Å². The zero-order valence-corrected chi connectivity index (χ0v) is 16.7. The monoisotopic (exact) mass is 416 g/mol. The molecule has 28 heavy (non-hydrogen) atoms. The minimum atomic E-state index is -0.560. The predicted octanol–water partition coefficient (Wildman–Crippen LogP) is 3.87. The van der Waals surface area contributed by atoms with Gasteiger partial charge in [0.1, 0.15) is 23.4 Å². The highest BCUT2D eigenvalue weighted by molar-refractivity contribution is 7.99. The van der Waals surface area contributed by atoms with E-state index < -0.39 is 5.82 Å². The minimum Gasteiger partial charge on any atom is -0.354 e. The lowest BCUT2D eigenvalue weighted by Crippen LogP contribution is -2.27. The molecule has 2 aromatic heterocycles. The van der Waals surface area contributed by atoms with Gasteiger partial charge in [0.25, 0.3) is 0 Å². The van der Waals surface area contributed by atoms with Crippen molar-refractivity contribution < 1.29 is 4.39 Å². The van der Waals surface area contributed by atoms with Gasteiger partial charge >= 0.3 is 0 Å². The Bertz CT molecular complexity index is 1090. The SMILES string of the molecule is CCc1[nH]c2nc(Sc3ccc(C#N)c(F)c3)nc(N3CCC(N)C3)c2c1Cl. The number of hydrogen-bond acceptors (Lipinski definition) is 6. The zero-order chi connectivity index (χ0) is 19.8. The van der Waals surface area contributed by atoms with E-state index in [2.05, 4.69) is 14.9 Å². The first kappa shape index (κ1) is 19.0. The lowest BCUT2D eigenvalue weighted by Gasteiger charge is -2.18. The van der Waals surface area contributed by atoms with Gasteiger partial charge in [0.15, 0.2) is 5.16 Å². The normalized spacial score (nSPS) is 16.7. The van der Waals surface area contributed by atoms with E-state index in [1.54, 1.807) is 6.07 Å². The summed E-state index contributed by atoms with van der Waals surface area (Å²) in [7, 11) is 0. The number of fused-ring (bicyclic) bond motifs is 1. The number of nitrogens with one attached hydrogen (secondary N) is 1. The Morgan fingerprint density at radius 3 is 2.93 bits per heavy atom. The van der Waals surface area contributed by atoms with E-state index in [-0.39, 0.29) is 11.6 Å². The van der Waals surface area contributed by atoms with Crippen molar-refractivity contribution in [1.29, 1.82) is 5.26 Å². The molecular weight excluding hydrogens is 399 g/mol. The molecule has 1 aromatic carbocycles. The van der Waals surface area contributed by atoms with Gasteiger partial charge in [-0.2, -0.15) is 5.26 Å². The van der Waals surface area contributed by atoms with Crippen LogP contribution < -0.4 is 10.6 Å². The molecule has 1 unspecified atom stereocenters. The smallest absolute Gasteiger partial charge is 0.196 e. The first-order valence-corrected chi connectivity index (χ1v) is 10.2. The van der Waals surface area contributed by atoms with Crippen LogP contribution in [0.5, 0.6) is 0 Å². The van der Waals surface area contributed by atoms with Crippen molar-refractivity contribution >= 4 is 40.2 Å². The Kier molecular flexibility index (Phi) is 5.15. The third-order valence-corrected chi connectivity index (χ3v) is 6.04. The van der Waals surface area contributed by atoms with E-state index in [0.717, 1.165) is 36.3 Å². The standard InChI is InChI=1S/C19H18ClFN6S/c1-2-14-16(20)15-17(24-14)25-19(26-18(15)27-6-5-11(23)9-27)28-12-4-3-10(8-22)13(21)7-12/h3-4,7,11H,2,5-6,9,23H2,1H3,(H,24,25,26). The fraction of sp³-hybridized carbons (Fsp3) is 0.316. The van der Waals surface area contributed by atoms with Crippen LogP contribution in [-0.2, 0) is 6.42 Å². The minimum absolute atomic E-state index is 0.0104. The summed E-state index contributed by atoms with van der Waals surface area (Å²) in [6, 6.07) is 6.38. The van der Waals surface area contributed by atoms with Gasteiger partial charge in [-0.15, -0.1) is 0 Å². The molecule has 1 fully saturated rings. The first-order valence-electron chi connectivity index (χ1n) is 8.96. The molecule has 0 spiro atoms. The van der Waals surface area contributed by atoms with Gasteiger partial charge in [-0.3, -0.25) is 0 Å². The number of aryl methyl sites for hydroxylation is 1. The molecule has 4 rings (SSSR count). The molecule has 1 atom stereocenters. The number of H-pyrrole nitrogens is 1. The quantitative estimate of drug-likeness (QED) is 0.627. The maximum absolute atomic E-state index is 14.0. The number of halogens is 2. The molecular formula is C19H18ClFN6S. The molecule has 9 heteroatoms. The number of nitrogens with zero attached hydrogens (tertiary/aromatic N) is 4. The summed E-state index contributed by atoms with van der Waals surface area (Å²) in [5, 5.41) is 10.8. The number of hydrogen-bond donors (Lipinski definition) is 2. The molecule has 0 amide bonds. The maximum atomic E-state index is 14.0. The summed E-state index contributed by atoms with van der Waals surface area (Å²) in [6.07, 6.45) is 1.63. The van der Waals surface area contributed by atoms with Crippen LogP contribution in [0.4, 0.5) is 10.2 Å². The third kappa shape index (κ3) is 3.41. The van der Waals surface area contributed by atoms with Gasteiger partial charge in [0.05, 0.1) is 16.0 Å². The fourth-order valence-corrected chi connectivity index (χ4v) is 4.46. The van der Waals surface area contributed by atoms with Crippen LogP contribution in [0.1, 0.15) is 24.6 Å². The summed E-state index contributed by atoms with van der Waals surface area (Å²) in [5.41, 5.74) is 7.65. The Morgan fingerprint density at radius 1 is 1.46 bits per heavy atom. The van der Waals surface area contributed by atoms with Crippen LogP contribution in [0.15, 0.2) is 28.3 Å². The molecule has 1 aliphatic rings. The summed E-state index contributed by atoms with van der Waals surface area (Å²) in [6.45, 7) is 3.52. The van der Waals surface area contributed by atoms with Crippen LogP contribution in [0.2, 0.25) is 5.02 Å². The molecule has 0 saturated carbocycles. The van der Waals surface area contributed by atoms with Crippen LogP contribution in [-0.4, -0.2) is 34.1 Å². The van der Waals surface area contributed by atoms with Crippen LogP contribution in [0, 0.1) is 17.1 Å². The highest BCUT2D eigenvalue weighted by Gasteiger charge is 2.26. The van der Waals surface area contributed by atoms with E-state index in [4.69, 9.17) is 27.6 Å². The van der Waals surface area contributed by atoms with Crippen molar-refractivity contribution in [3.05, 3.63) is 40.3 Å². The lowest BCUT2D eigenvalue weighted by atomic mass is 10.2. The van der Waals surface area contributed by atoms with Crippen molar-refractivity contribution in [2.45, 2.75) is 35.9 Å². The summed E-state index contributed by atoms with van der Waals surface area (Å²) in [5.74, 6) is 0.186. The van der Waals surface area contributed by atoms with Gasteiger partial charge in [0.2, 0.25) is 0 Å². The average Bonchev–Trinajstić information content (AvgIpc) is 3.24. The molecule has 3 aromatic rings. The highest BCUT2D eigenvalue weighted by atomic mass is 35.5. The molecule has 3 N–H and O–H groups in total. The lowest BCUT2D eigenvalue weighted by molar-refractivity contribution is 0.620. The maximum Gasteiger partial charge on any atom is 0.196 e. The van der Waals surface area contributed by atoms with Crippen molar-refractivity contribution in [3.63, 3.8) is 0 Å². The largest absolute Gasteiger partial charge is 0.354 e. The first-order chi connectivity index (χ1) is 13.5. The fourth-order valence-electron chi connectivity index (χ4n) is 3.32. The van der Waals surface area contributed by atoms with E-state index in [1.807, 2.05) is 13.0 Å². The van der Waals surface area contributed by atoms with Crippen molar-refractivity contribution in [3.8, 4) is 6.07 Å². The molecule has 3 heterocycles. The Labute approximate surface area is 170 Å². The Morgan fingerprint density at radius 2 is 2.29 bits per heavy atom. The number of nitriles is 1. The molecule has 6 nitrogen and oxygen atoms in total. The number of aromatic amines is 1. The molecule has 1 aliphatic heterocycles. The summed E-state index contributed by atoms with van der Waals surface area (Å²) >= 11 is 7.83. The zero-order valence-electron chi connectivity index (χ0n) is 15.2. The Hall–Kier alpha value is -2.34. The van der Waals surface area contributed by atoms with E-state index >= 15 is 0 Å². The number of rotatable bonds is 4. The van der Waals surface area contributed by atoms with Crippen LogP contribution in [0.3, 0.4) is 0 Å². The van der Waals surface area contributed by atoms with Crippen LogP contribution >= 0.6 is 23.4 Å². The van der Waals surface area contributed by atoms with Gasteiger partial charge in [-0.25, -0.2) is 14.4 Å². The van der Waals surface area contributed by atoms with Gasteiger partial charge in [-0.05, 0) is 42.8 Å². The third-order valence-electron chi connectivity index (χ3n) is 4.77. The van der Waals surface area contributed by atoms with E-state index in [9.17, 15) is 4.39 Å². The summed E-state index contributed by atoms with van der Waals surface area (Å²) in [4.78, 5) is 15.3. The van der Waals surface area contributed by atoms with E-state index in [1.165, 1.54) is 23.9 Å². The average molecular weight is 417 g/mol. The topological polar surface area (TPSA) is 94.6 Å². The second-order valence-corrected chi connectivity index (χ2v) is 8.09. The number of benzene rings is 1. The van der Waals surface area contributed by atoms with Crippen LogP contribution in [0.25, 0.3) is 11.0 Å². The second-order valence-electron chi connectivity index (χ2n) is 6.67. The van der Waals surface area contributed by atoms with Crippen molar-refractivity contribution in [2.75, 3.05) is 18.0 Å². The second kappa shape index (κ2) is 7.59. The number of nitrogens with two attached hydrogens (primary N) is 1. The molecule has 0 radical (unpaired) electrons. The predicted molar refractivity (Wildman–Crippen MR) is 108 cm³/mol.